The van der Waals surface area contributed by atoms with Crippen molar-refractivity contribution in [2.75, 3.05) is 5.32 Å². The number of rotatable bonds is 4. The summed E-state index contributed by atoms with van der Waals surface area (Å²) in [5.74, 6) is -0.0860. The van der Waals surface area contributed by atoms with Gasteiger partial charge in [0.15, 0.2) is 0 Å². The third kappa shape index (κ3) is 3.41. The van der Waals surface area contributed by atoms with Crippen LogP contribution in [-0.4, -0.2) is 11.9 Å². The SMILES string of the molecule is CC(=O)Nc1ccc2c(COC(=O)[C@H]3C[C@H]3C)cc(=O)oc2c1. The molecule has 1 aliphatic carbocycles. The van der Waals surface area contributed by atoms with E-state index in [9.17, 15) is 14.4 Å². The van der Waals surface area contributed by atoms with Crippen LogP contribution >= 0.6 is 0 Å². The molecule has 0 radical (unpaired) electrons. The number of esters is 1. The molecule has 1 aromatic heterocycles. The van der Waals surface area contributed by atoms with Gasteiger partial charge >= 0.3 is 11.6 Å². The van der Waals surface area contributed by atoms with Gasteiger partial charge in [0.1, 0.15) is 12.2 Å². The van der Waals surface area contributed by atoms with Gasteiger partial charge in [-0.2, -0.15) is 0 Å². The van der Waals surface area contributed by atoms with Crippen LogP contribution < -0.4 is 10.9 Å². The molecule has 0 spiro atoms. The maximum absolute atomic E-state index is 11.8. The minimum atomic E-state index is -0.525. The molecule has 23 heavy (non-hydrogen) atoms. The molecule has 1 fully saturated rings. The maximum atomic E-state index is 11.8. The van der Waals surface area contributed by atoms with Gasteiger partial charge in [-0.1, -0.05) is 6.92 Å². The largest absolute Gasteiger partial charge is 0.461 e. The summed E-state index contributed by atoms with van der Waals surface area (Å²) in [5.41, 5.74) is 0.944. The lowest BCUT2D eigenvalue weighted by Crippen LogP contribution is -2.10. The molecule has 0 unspecified atom stereocenters. The summed E-state index contributed by atoms with van der Waals surface area (Å²) in [7, 11) is 0. The fraction of sp³-hybridized carbons (Fsp3) is 0.353. The highest BCUT2D eigenvalue weighted by molar-refractivity contribution is 5.92. The monoisotopic (exact) mass is 315 g/mol. The number of benzene rings is 1. The normalized spacial score (nSPS) is 19.4. The fourth-order valence-electron chi connectivity index (χ4n) is 2.54. The molecule has 1 saturated carbocycles. The fourth-order valence-corrected chi connectivity index (χ4v) is 2.54. The van der Waals surface area contributed by atoms with Crippen LogP contribution in [0.2, 0.25) is 0 Å². The van der Waals surface area contributed by atoms with Crippen LogP contribution in [0, 0.1) is 11.8 Å². The van der Waals surface area contributed by atoms with E-state index in [1.54, 1.807) is 18.2 Å². The standard InChI is InChI=1S/C17H17NO5/c1-9-5-14(9)17(21)22-8-11-6-16(20)23-15-7-12(18-10(2)19)3-4-13(11)15/h3-4,6-7,9,14H,5,8H2,1-2H3,(H,18,19)/t9-,14+/m1/s1. The van der Waals surface area contributed by atoms with Gasteiger partial charge in [0.2, 0.25) is 5.91 Å². The Balaban J connectivity index is 1.85. The average molecular weight is 315 g/mol. The molecule has 2 aromatic rings. The van der Waals surface area contributed by atoms with Crippen LogP contribution in [0.1, 0.15) is 25.8 Å². The molecule has 6 nitrogen and oxygen atoms in total. The van der Waals surface area contributed by atoms with E-state index in [4.69, 9.17) is 9.15 Å². The lowest BCUT2D eigenvalue weighted by Gasteiger charge is -2.08. The second-order valence-corrected chi connectivity index (χ2v) is 5.91. The first-order chi connectivity index (χ1) is 10.9. The molecule has 1 N–H and O–H groups in total. The van der Waals surface area contributed by atoms with Crippen molar-refractivity contribution in [3.05, 3.63) is 40.2 Å². The molecule has 1 aliphatic rings. The van der Waals surface area contributed by atoms with E-state index in [0.717, 1.165) is 6.42 Å². The van der Waals surface area contributed by atoms with E-state index in [1.165, 1.54) is 13.0 Å². The van der Waals surface area contributed by atoms with Gasteiger partial charge in [-0.05, 0) is 24.5 Å². The van der Waals surface area contributed by atoms with Gasteiger partial charge in [0.05, 0.1) is 5.92 Å². The van der Waals surface area contributed by atoms with Crippen molar-refractivity contribution in [2.45, 2.75) is 26.9 Å². The predicted octanol–water partition coefficient (Wildman–Crippen LogP) is 2.45. The molecular weight excluding hydrogens is 298 g/mol. The van der Waals surface area contributed by atoms with E-state index in [-0.39, 0.29) is 24.4 Å². The molecule has 1 aromatic carbocycles. The predicted molar refractivity (Wildman–Crippen MR) is 83.9 cm³/mol. The molecule has 1 amide bonds. The number of carbonyl (C=O) groups is 2. The van der Waals surface area contributed by atoms with E-state index in [2.05, 4.69) is 5.32 Å². The third-order valence-corrected chi connectivity index (χ3v) is 3.93. The smallest absolute Gasteiger partial charge is 0.336 e. The van der Waals surface area contributed by atoms with Crippen LogP contribution in [-0.2, 0) is 20.9 Å². The Hall–Kier alpha value is -2.63. The number of ether oxygens (including phenoxy) is 1. The Morgan fingerprint density at radius 3 is 2.74 bits per heavy atom. The van der Waals surface area contributed by atoms with Gasteiger partial charge in [-0.25, -0.2) is 4.79 Å². The summed E-state index contributed by atoms with van der Waals surface area (Å²) in [4.78, 5) is 34.6. The highest BCUT2D eigenvalue weighted by Crippen LogP contribution is 2.38. The number of carbonyl (C=O) groups excluding carboxylic acids is 2. The molecule has 120 valence electrons. The highest BCUT2D eigenvalue weighted by Gasteiger charge is 2.40. The van der Waals surface area contributed by atoms with Crippen LogP contribution in [0.3, 0.4) is 0 Å². The summed E-state index contributed by atoms with van der Waals surface area (Å²) in [6.07, 6.45) is 0.858. The topological polar surface area (TPSA) is 85.6 Å². The summed E-state index contributed by atoms with van der Waals surface area (Å²) < 4.78 is 10.5. The first kappa shape index (κ1) is 15.3. The van der Waals surface area contributed by atoms with Crippen molar-refractivity contribution >= 4 is 28.5 Å². The second kappa shape index (κ2) is 5.87. The first-order valence-electron chi connectivity index (χ1n) is 7.45. The zero-order chi connectivity index (χ0) is 16.6. The van der Waals surface area contributed by atoms with Gasteiger partial charge in [0.25, 0.3) is 0 Å². The molecule has 3 rings (SSSR count). The van der Waals surface area contributed by atoms with Crippen LogP contribution in [0.15, 0.2) is 33.5 Å². The van der Waals surface area contributed by atoms with Crippen molar-refractivity contribution in [1.29, 1.82) is 0 Å². The van der Waals surface area contributed by atoms with Crippen LogP contribution in [0.5, 0.6) is 0 Å². The lowest BCUT2D eigenvalue weighted by molar-refractivity contribution is -0.146. The van der Waals surface area contributed by atoms with Crippen LogP contribution in [0.4, 0.5) is 5.69 Å². The quantitative estimate of drug-likeness (QED) is 0.692. The Morgan fingerprint density at radius 1 is 1.35 bits per heavy atom. The van der Waals surface area contributed by atoms with Gasteiger partial charge in [0, 0.05) is 35.7 Å². The van der Waals surface area contributed by atoms with Crippen molar-refractivity contribution in [3.63, 3.8) is 0 Å². The van der Waals surface area contributed by atoms with Gasteiger partial charge in [-0.15, -0.1) is 0 Å². The zero-order valence-electron chi connectivity index (χ0n) is 12.9. The molecule has 0 saturated heterocycles. The first-order valence-corrected chi connectivity index (χ1v) is 7.45. The van der Waals surface area contributed by atoms with Crippen molar-refractivity contribution < 1.29 is 18.7 Å². The molecular formula is C17H17NO5. The maximum Gasteiger partial charge on any atom is 0.336 e. The minimum absolute atomic E-state index is 0.0206. The molecule has 2 atom stereocenters. The number of hydrogen-bond acceptors (Lipinski definition) is 5. The number of anilines is 1. The number of nitrogens with one attached hydrogen (secondary N) is 1. The minimum Gasteiger partial charge on any atom is -0.461 e. The summed E-state index contributed by atoms with van der Waals surface area (Å²) in [6.45, 7) is 3.43. The Labute approximate surface area is 132 Å². The van der Waals surface area contributed by atoms with E-state index >= 15 is 0 Å². The highest BCUT2D eigenvalue weighted by atomic mass is 16.5. The van der Waals surface area contributed by atoms with Crippen molar-refractivity contribution in [3.8, 4) is 0 Å². The molecule has 0 bridgehead atoms. The number of fused-ring (bicyclic) bond motifs is 1. The molecule has 0 aliphatic heterocycles. The third-order valence-electron chi connectivity index (χ3n) is 3.93. The number of hydrogen-bond donors (Lipinski definition) is 1. The summed E-state index contributed by atoms with van der Waals surface area (Å²) in [6, 6.07) is 6.33. The van der Waals surface area contributed by atoms with E-state index in [0.29, 0.717) is 28.1 Å². The Bertz CT molecular complexity index is 838. The second-order valence-electron chi connectivity index (χ2n) is 5.91. The zero-order valence-corrected chi connectivity index (χ0v) is 12.9. The van der Waals surface area contributed by atoms with E-state index < -0.39 is 5.63 Å². The van der Waals surface area contributed by atoms with Crippen molar-refractivity contribution in [2.24, 2.45) is 11.8 Å². The van der Waals surface area contributed by atoms with Gasteiger partial charge < -0.3 is 14.5 Å². The number of amides is 1. The summed E-state index contributed by atoms with van der Waals surface area (Å²) >= 11 is 0. The average Bonchev–Trinajstić information content (AvgIpc) is 3.20. The van der Waals surface area contributed by atoms with Crippen LogP contribution in [0.25, 0.3) is 11.0 Å². The molecule has 1 heterocycles. The lowest BCUT2D eigenvalue weighted by atomic mass is 10.1. The van der Waals surface area contributed by atoms with Gasteiger partial charge in [-0.3, -0.25) is 9.59 Å². The summed E-state index contributed by atoms with van der Waals surface area (Å²) in [5, 5.41) is 3.30. The molecule has 6 heteroatoms. The van der Waals surface area contributed by atoms with Crippen molar-refractivity contribution in [1.82, 2.24) is 0 Å². The Kier molecular flexibility index (Phi) is 3.90. The van der Waals surface area contributed by atoms with E-state index in [1.807, 2.05) is 6.92 Å². The Morgan fingerprint density at radius 2 is 2.09 bits per heavy atom.